The first-order chi connectivity index (χ1) is 15.0. The summed E-state index contributed by atoms with van der Waals surface area (Å²) in [6.07, 6.45) is 1.57. The molecule has 31 heavy (non-hydrogen) atoms. The average Bonchev–Trinajstić information content (AvgIpc) is 3.42. The summed E-state index contributed by atoms with van der Waals surface area (Å²) in [5.41, 5.74) is 0.898. The molecular weight excluding hydrogens is 439 g/mol. The fraction of sp³-hybridized carbons (Fsp3) is 0.136. The van der Waals surface area contributed by atoms with Gasteiger partial charge in [0.15, 0.2) is 11.0 Å². The van der Waals surface area contributed by atoms with Gasteiger partial charge in [0.1, 0.15) is 11.6 Å². The van der Waals surface area contributed by atoms with Crippen molar-refractivity contribution in [3.8, 4) is 17.1 Å². The molecule has 2 aromatic carbocycles. The summed E-state index contributed by atoms with van der Waals surface area (Å²) in [6.45, 7) is 0.358. The van der Waals surface area contributed by atoms with Gasteiger partial charge in [0.25, 0.3) is 0 Å². The maximum absolute atomic E-state index is 14.7. The van der Waals surface area contributed by atoms with E-state index in [1.54, 1.807) is 65.2 Å². The highest BCUT2D eigenvalue weighted by Crippen LogP contribution is 2.32. The van der Waals surface area contributed by atoms with E-state index in [0.29, 0.717) is 33.9 Å². The number of halogens is 2. The summed E-state index contributed by atoms with van der Waals surface area (Å²) >= 11 is 7.53. The number of para-hydroxylation sites is 1. The van der Waals surface area contributed by atoms with Crippen molar-refractivity contribution in [1.82, 2.24) is 19.7 Å². The number of amides is 1. The van der Waals surface area contributed by atoms with Gasteiger partial charge in [0, 0.05) is 12.6 Å². The zero-order chi connectivity index (χ0) is 21.8. The van der Waals surface area contributed by atoms with Crippen LogP contribution < -0.4 is 0 Å². The van der Waals surface area contributed by atoms with Gasteiger partial charge in [-0.1, -0.05) is 47.6 Å². The van der Waals surface area contributed by atoms with E-state index in [4.69, 9.17) is 16.0 Å². The zero-order valence-electron chi connectivity index (χ0n) is 16.5. The van der Waals surface area contributed by atoms with E-state index in [2.05, 4.69) is 10.2 Å². The Balaban J connectivity index is 1.63. The Morgan fingerprint density at radius 3 is 2.65 bits per heavy atom. The largest absolute Gasteiger partial charge is 0.467 e. The number of carbonyl (C=O) groups excluding carboxylic acids is 1. The lowest BCUT2D eigenvalue weighted by Gasteiger charge is -2.16. The van der Waals surface area contributed by atoms with Crippen molar-refractivity contribution in [3.05, 3.63) is 83.5 Å². The number of hydrogen-bond acceptors (Lipinski definition) is 5. The van der Waals surface area contributed by atoms with Crippen molar-refractivity contribution in [2.45, 2.75) is 11.7 Å². The van der Waals surface area contributed by atoms with Crippen LogP contribution in [0.25, 0.3) is 17.1 Å². The topological polar surface area (TPSA) is 64.2 Å². The van der Waals surface area contributed by atoms with Gasteiger partial charge in [0.05, 0.1) is 29.3 Å². The summed E-state index contributed by atoms with van der Waals surface area (Å²) in [7, 11) is 1.70. The number of benzene rings is 2. The second-order valence-electron chi connectivity index (χ2n) is 6.69. The second-order valence-corrected chi connectivity index (χ2v) is 8.04. The van der Waals surface area contributed by atoms with Crippen LogP contribution in [0.1, 0.15) is 5.76 Å². The number of carbonyl (C=O) groups is 1. The molecule has 0 aliphatic rings. The number of thioether (sulfide) groups is 1. The van der Waals surface area contributed by atoms with Crippen LogP contribution in [0.4, 0.5) is 4.39 Å². The number of nitrogens with zero attached hydrogens (tertiary/aromatic N) is 4. The zero-order valence-corrected chi connectivity index (χ0v) is 18.1. The Kier molecular flexibility index (Phi) is 6.39. The van der Waals surface area contributed by atoms with Gasteiger partial charge < -0.3 is 9.32 Å². The molecule has 0 saturated heterocycles. The molecule has 2 aromatic heterocycles. The maximum atomic E-state index is 14.7. The van der Waals surface area contributed by atoms with Gasteiger partial charge in [-0.15, -0.1) is 10.2 Å². The molecule has 4 rings (SSSR count). The molecule has 0 aliphatic heterocycles. The fourth-order valence-corrected chi connectivity index (χ4v) is 4.10. The van der Waals surface area contributed by atoms with Crippen LogP contribution in [0, 0.1) is 5.82 Å². The van der Waals surface area contributed by atoms with Crippen LogP contribution in [-0.4, -0.2) is 38.4 Å². The Morgan fingerprint density at radius 1 is 1.13 bits per heavy atom. The highest BCUT2D eigenvalue weighted by Gasteiger charge is 2.21. The molecule has 0 N–H and O–H groups in total. The van der Waals surface area contributed by atoms with Gasteiger partial charge in [-0.3, -0.25) is 9.36 Å². The van der Waals surface area contributed by atoms with Crippen LogP contribution in [0.5, 0.6) is 0 Å². The van der Waals surface area contributed by atoms with Crippen molar-refractivity contribution in [2.24, 2.45) is 0 Å². The summed E-state index contributed by atoms with van der Waals surface area (Å²) in [5.74, 6) is 0.639. The van der Waals surface area contributed by atoms with Crippen molar-refractivity contribution in [2.75, 3.05) is 12.8 Å². The molecule has 0 fully saturated rings. The lowest BCUT2D eigenvalue weighted by atomic mass is 10.2. The normalized spacial score (nSPS) is 10.9. The molecule has 4 aromatic rings. The smallest absolute Gasteiger partial charge is 0.233 e. The third-order valence-corrected chi connectivity index (χ3v) is 5.81. The standard InChI is InChI=1S/C22H18ClFN4O2S/c1-27(13-15-7-6-12-30-15)20(29)14-31-22-26-25-21(16-8-2-3-9-17(16)23)28(22)19-11-5-4-10-18(19)24/h2-12H,13-14H2,1H3. The quantitative estimate of drug-likeness (QED) is 0.363. The highest BCUT2D eigenvalue weighted by molar-refractivity contribution is 7.99. The summed E-state index contributed by atoms with van der Waals surface area (Å²) in [4.78, 5) is 14.2. The second kappa shape index (κ2) is 9.36. The van der Waals surface area contributed by atoms with Gasteiger partial charge in [-0.2, -0.15) is 0 Å². The first-order valence-corrected chi connectivity index (χ1v) is 10.8. The molecule has 0 atom stereocenters. The Bertz CT molecular complexity index is 1200. The average molecular weight is 457 g/mol. The molecule has 0 unspecified atom stereocenters. The van der Waals surface area contributed by atoms with Crippen molar-refractivity contribution < 1.29 is 13.6 Å². The van der Waals surface area contributed by atoms with Crippen LogP contribution in [-0.2, 0) is 11.3 Å². The van der Waals surface area contributed by atoms with Crippen molar-refractivity contribution >= 4 is 29.3 Å². The van der Waals surface area contributed by atoms with Crippen molar-refractivity contribution in [1.29, 1.82) is 0 Å². The molecular formula is C22H18ClFN4O2S. The third-order valence-electron chi connectivity index (χ3n) is 4.57. The molecule has 6 nitrogen and oxygen atoms in total. The van der Waals surface area contributed by atoms with Crippen LogP contribution in [0.15, 0.2) is 76.5 Å². The minimum absolute atomic E-state index is 0.103. The molecule has 0 spiro atoms. The number of hydrogen-bond donors (Lipinski definition) is 0. The van der Waals surface area contributed by atoms with Crippen LogP contribution in [0.3, 0.4) is 0 Å². The minimum atomic E-state index is -0.432. The number of aromatic nitrogens is 3. The van der Waals surface area contributed by atoms with Crippen molar-refractivity contribution in [3.63, 3.8) is 0 Å². The molecule has 0 aliphatic carbocycles. The molecule has 0 bridgehead atoms. The van der Waals surface area contributed by atoms with Gasteiger partial charge in [0.2, 0.25) is 5.91 Å². The van der Waals surface area contributed by atoms with E-state index in [0.717, 1.165) is 0 Å². The van der Waals surface area contributed by atoms with Crippen LogP contribution in [0.2, 0.25) is 5.02 Å². The van der Waals surface area contributed by atoms with Gasteiger partial charge >= 0.3 is 0 Å². The Labute approximate surface area is 187 Å². The fourth-order valence-electron chi connectivity index (χ4n) is 2.99. The first kappa shape index (κ1) is 21.1. The SMILES string of the molecule is CN(Cc1ccco1)C(=O)CSc1nnc(-c2ccccc2Cl)n1-c1ccccc1F. The van der Waals surface area contributed by atoms with E-state index in [9.17, 15) is 9.18 Å². The van der Waals surface area contributed by atoms with Gasteiger partial charge in [-0.05, 0) is 36.4 Å². The predicted molar refractivity (Wildman–Crippen MR) is 118 cm³/mol. The molecule has 158 valence electrons. The molecule has 9 heteroatoms. The first-order valence-electron chi connectivity index (χ1n) is 9.39. The highest BCUT2D eigenvalue weighted by atomic mass is 35.5. The Hall–Kier alpha value is -3.10. The van der Waals surface area contributed by atoms with E-state index in [1.165, 1.54) is 17.8 Å². The molecule has 0 saturated carbocycles. The summed E-state index contributed by atoms with van der Waals surface area (Å²) in [6, 6.07) is 17.1. The number of furan rings is 1. The maximum Gasteiger partial charge on any atom is 0.233 e. The molecule has 0 radical (unpaired) electrons. The summed E-state index contributed by atoms with van der Waals surface area (Å²) < 4.78 is 21.5. The predicted octanol–water partition coefficient (Wildman–Crippen LogP) is 5.07. The monoisotopic (exact) mass is 456 g/mol. The lowest BCUT2D eigenvalue weighted by Crippen LogP contribution is -2.27. The summed E-state index contributed by atoms with van der Waals surface area (Å²) in [5, 5.41) is 9.33. The molecule has 2 heterocycles. The van der Waals surface area contributed by atoms with E-state index in [-0.39, 0.29) is 17.3 Å². The molecule has 1 amide bonds. The number of rotatable bonds is 7. The Morgan fingerprint density at radius 2 is 1.90 bits per heavy atom. The van der Waals surface area contributed by atoms with Crippen LogP contribution >= 0.6 is 23.4 Å². The van der Waals surface area contributed by atoms with E-state index in [1.807, 2.05) is 12.1 Å². The van der Waals surface area contributed by atoms with Gasteiger partial charge in [-0.25, -0.2) is 4.39 Å². The van der Waals surface area contributed by atoms with E-state index >= 15 is 0 Å². The minimum Gasteiger partial charge on any atom is -0.467 e. The third kappa shape index (κ3) is 4.65. The van der Waals surface area contributed by atoms with E-state index < -0.39 is 5.82 Å². The lowest BCUT2D eigenvalue weighted by molar-refractivity contribution is -0.127.